The number of rotatable bonds is 5. The molecule has 2 N–H and O–H groups in total. The molecule has 4 aliphatic rings. The highest BCUT2D eigenvalue weighted by Crippen LogP contribution is 2.69. The first-order valence-electron chi connectivity index (χ1n) is 12.3. The molecule has 0 amide bonds. The molecule has 8 atom stereocenters. The standard InChI is InChI=1S/C26H36O8/c1-14(27)34-19-13-25(3)18(6-9-26(25,32)10-7-20(29)30)21-17(23(31)33-4)12-15-11-16(28)5-8-24(15,2)22(19)21/h11,17-19,21-22,32H,5-10,12-13H2,1-4H3,(H,29,30)/t17-,18+,19-,21+,22+,24+,25+,26-/m1/s1. The summed E-state index contributed by atoms with van der Waals surface area (Å²) in [5.41, 5.74) is -1.45. The van der Waals surface area contributed by atoms with Crippen LogP contribution in [0.1, 0.15) is 72.1 Å². The molecular formula is C26H36O8. The Balaban J connectivity index is 1.85. The normalized spacial score (nSPS) is 43.1. The number of carbonyl (C=O) groups is 4. The summed E-state index contributed by atoms with van der Waals surface area (Å²) in [7, 11) is 1.36. The van der Waals surface area contributed by atoms with Gasteiger partial charge in [-0.05, 0) is 61.9 Å². The number of carboxylic acids is 1. The minimum absolute atomic E-state index is 0.0446. The Labute approximate surface area is 200 Å². The number of carbonyl (C=O) groups excluding carboxylic acids is 3. The second-order valence-electron chi connectivity index (χ2n) is 11.3. The first-order chi connectivity index (χ1) is 15.9. The monoisotopic (exact) mass is 476 g/mol. The molecule has 0 aromatic carbocycles. The molecule has 0 aromatic heterocycles. The van der Waals surface area contributed by atoms with Crippen LogP contribution in [0.4, 0.5) is 0 Å². The Bertz CT molecular complexity index is 939. The van der Waals surface area contributed by atoms with Gasteiger partial charge in [0.05, 0.1) is 18.6 Å². The molecule has 0 unspecified atom stereocenters. The second kappa shape index (κ2) is 8.47. The van der Waals surface area contributed by atoms with Gasteiger partial charge in [-0.25, -0.2) is 0 Å². The smallest absolute Gasteiger partial charge is 0.309 e. The van der Waals surface area contributed by atoms with Crippen molar-refractivity contribution in [3.63, 3.8) is 0 Å². The van der Waals surface area contributed by atoms with E-state index in [1.807, 2.05) is 6.92 Å². The number of hydrogen-bond donors (Lipinski definition) is 2. The van der Waals surface area contributed by atoms with Crippen molar-refractivity contribution in [3.8, 4) is 0 Å². The molecule has 188 valence electrons. The number of carboxylic acid groups (broad SMARTS) is 1. The van der Waals surface area contributed by atoms with E-state index in [-0.39, 0.29) is 42.3 Å². The zero-order chi connectivity index (χ0) is 25.1. The zero-order valence-corrected chi connectivity index (χ0v) is 20.5. The maximum atomic E-state index is 13.1. The van der Waals surface area contributed by atoms with E-state index in [1.165, 1.54) is 14.0 Å². The third kappa shape index (κ3) is 3.69. The molecule has 3 fully saturated rings. The van der Waals surface area contributed by atoms with Gasteiger partial charge in [0.1, 0.15) is 6.10 Å². The summed E-state index contributed by atoms with van der Waals surface area (Å²) < 4.78 is 11.1. The molecule has 0 saturated heterocycles. The van der Waals surface area contributed by atoms with Crippen molar-refractivity contribution in [1.82, 2.24) is 0 Å². The van der Waals surface area contributed by atoms with Gasteiger partial charge in [0.25, 0.3) is 0 Å². The number of aliphatic carboxylic acids is 1. The number of ketones is 1. The first-order valence-corrected chi connectivity index (χ1v) is 12.3. The van der Waals surface area contributed by atoms with Crippen LogP contribution in [0.2, 0.25) is 0 Å². The highest BCUT2D eigenvalue weighted by molar-refractivity contribution is 5.92. The highest BCUT2D eigenvalue weighted by atomic mass is 16.5. The molecule has 3 saturated carbocycles. The minimum atomic E-state index is -1.24. The van der Waals surface area contributed by atoms with Gasteiger partial charge in [0, 0.05) is 31.1 Å². The van der Waals surface area contributed by atoms with Crippen molar-refractivity contribution in [3.05, 3.63) is 11.6 Å². The van der Waals surface area contributed by atoms with Gasteiger partial charge in [-0.3, -0.25) is 19.2 Å². The maximum Gasteiger partial charge on any atom is 0.309 e. The van der Waals surface area contributed by atoms with E-state index in [4.69, 9.17) is 9.47 Å². The van der Waals surface area contributed by atoms with E-state index >= 15 is 0 Å². The van der Waals surface area contributed by atoms with E-state index < -0.39 is 40.4 Å². The van der Waals surface area contributed by atoms with Crippen LogP contribution in [0.5, 0.6) is 0 Å². The molecule has 34 heavy (non-hydrogen) atoms. The van der Waals surface area contributed by atoms with E-state index in [2.05, 4.69) is 6.92 Å². The molecule has 0 aliphatic heterocycles. The van der Waals surface area contributed by atoms with Crippen LogP contribution in [0.3, 0.4) is 0 Å². The third-order valence-electron chi connectivity index (χ3n) is 9.83. The summed E-state index contributed by atoms with van der Waals surface area (Å²) in [5, 5.41) is 21.1. The van der Waals surface area contributed by atoms with Crippen LogP contribution in [-0.4, -0.2) is 52.7 Å². The molecule has 0 spiro atoms. The van der Waals surface area contributed by atoms with E-state index in [1.54, 1.807) is 6.08 Å². The van der Waals surface area contributed by atoms with Crippen LogP contribution >= 0.6 is 0 Å². The van der Waals surface area contributed by atoms with Crippen molar-refractivity contribution in [2.75, 3.05) is 7.11 Å². The lowest BCUT2D eigenvalue weighted by molar-refractivity contribution is -0.205. The minimum Gasteiger partial charge on any atom is -0.481 e. The fraction of sp³-hybridized carbons (Fsp3) is 0.769. The largest absolute Gasteiger partial charge is 0.481 e. The number of aliphatic hydroxyl groups is 1. The maximum absolute atomic E-state index is 13.1. The highest BCUT2D eigenvalue weighted by Gasteiger charge is 2.69. The van der Waals surface area contributed by atoms with Gasteiger partial charge in [-0.1, -0.05) is 19.4 Å². The van der Waals surface area contributed by atoms with E-state index in [0.717, 1.165) is 5.57 Å². The molecule has 4 rings (SSSR count). The number of methoxy groups -OCH3 is 1. The molecule has 0 radical (unpaired) electrons. The van der Waals surface area contributed by atoms with Crippen LogP contribution in [0.25, 0.3) is 0 Å². The molecule has 8 heteroatoms. The van der Waals surface area contributed by atoms with Gasteiger partial charge >= 0.3 is 17.9 Å². The summed E-state index contributed by atoms with van der Waals surface area (Å²) in [5.74, 6) is -2.72. The average molecular weight is 477 g/mol. The quantitative estimate of drug-likeness (QED) is 0.580. The summed E-state index contributed by atoms with van der Waals surface area (Å²) >= 11 is 0. The lowest BCUT2D eigenvalue weighted by Gasteiger charge is -2.62. The summed E-state index contributed by atoms with van der Waals surface area (Å²) in [6, 6.07) is 0. The second-order valence-corrected chi connectivity index (χ2v) is 11.3. The Morgan fingerprint density at radius 3 is 2.53 bits per heavy atom. The Morgan fingerprint density at radius 1 is 1.21 bits per heavy atom. The predicted molar refractivity (Wildman–Crippen MR) is 120 cm³/mol. The number of allylic oxidation sites excluding steroid dienone is 1. The Morgan fingerprint density at radius 2 is 1.91 bits per heavy atom. The third-order valence-corrected chi connectivity index (χ3v) is 9.83. The van der Waals surface area contributed by atoms with Crippen LogP contribution in [-0.2, 0) is 28.7 Å². The van der Waals surface area contributed by atoms with Crippen molar-refractivity contribution in [2.45, 2.75) is 83.8 Å². The number of hydrogen-bond acceptors (Lipinski definition) is 7. The van der Waals surface area contributed by atoms with Crippen molar-refractivity contribution >= 4 is 23.7 Å². The van der Waals surface area contributed by atoms with Gasteiger partial charge in [0.2, 0.25) is 0 Å². The molecule has 0 bridgehead atoms. The van der Waals surface area contributed by atoms with Gasteiger partial charge < -0.3 is 19.7 Å². The summed E-state index contributed by atoms with van der Waals surface area (Å²) in [4.78, 5) is 49.0. The van der Waals surface area contributed by atoms with Crippen molar-refractivity contribution < 1.29 is 38.9 Å². The van der Waals surface area contributed by atoms with E-state index in [0.29, 0.717) is 38.5 Å². The molecule has 8 nitrogen and oxygen atoms in total. The van der Waals surface area contributed by atoms with Gasteiger partial charge in [-0.2, -0.15) is 0 Å². The number of ether oxygens (including phenoxy) is 2. The van der Waals surface area contributed by atoms with Crippen LogP contribution < -0.4 is 0 Å². The lowest BCUT2D eigenvalue weighted by atomic mass is 9.43. The van der Waals surface area contributed by atoms with Crippen LogP contribution in [0, 0.1) is 34.5 Å². The molecule has 0 heterocycles. The Hall–Kier alpha value is -2.22. The van der Waals surface area contributed by atoms with Gasteiger partial charge in [-0.15, -0.1) is 0 Å². The van der Waals surface area contributed by atoms with E-state index in [9.17, 15) is 29.4 Å². The number of fused-ring (bicyclic) bond motifs is 5. The molecular weight excluding hydrogens is 440 g/mol. The predicted octanol–water partition coefficient (Wildman–Crippen LogP) is 3.05. The summed E-state index contributed by atoms with van der Waals surface area (Å²) in [6.45, 7) is 5.44. The molecule has 0 aromatic rings. The number of esters is 2. The van der Waals surface area contributed by atoms with Crippen molar-refractivity contribution in [1.29, 1.82) is 0 Å². The molecule has 4 aliphatic carbocycles. The lowest BCUT2D eigenvalue weighted by Crippen LogP contribution is -2.63. The fourth-order valence-electron chi connectivity index (χ4n) is 8.18. The topological polar surface area (TPSA) is 127 Å². The summed E-state index contributed by atoms with van der Waals surface area (Å²) in [6.07, 6.45) is 3.98. The van der Waals surface area contributed by atoms with Gasteiger partial charge in [0.15, 0.2) is 5.78 Å². The SMILES string of the molecule is COC(=O)[C@@H]1CC2=CC(=O)CC[C@]2(C)[C@@H]2[C@@H]1[C@@H]1CC[C@@](O)(CCC(=O)O)[C@@]1(C)C[C@H]2OC(C)=O. The first kappa shape index (κ1) is 24.9. The average Bonchev–Trinajstić information content (AvgIpc) is 3.02. The zero-order valence-electron chi connectivity index (χ0n) is 20.5. The fourth-order valence-corrected chi connectivity index (χ4v) is 8.18. The Kier molecular flexibility index (Phi) is 6.20. The van der Waals surface area contributed by atoms with Crippen molar-refractivity contribution in [2.24, 2.45) is 34.5 Å². The van der Waals surface area contributed by atoms with Crippen LogP contribution in [0.15, 0.2) is 11.6 Å².